The zero-order chi connectivity index (χ0) is 14.2. The van der Waals surface area contributed by atoms with E-state index in [0.29, 0.717) is 5.56 Å². The van der Waals surface area contributed by atoms with Gasteiger partial charge in [0.25, 0.3) is 0 Å². The van der Waals surface area contributed by atoms with Crippen LogP contribution in [-0.4, -0.2) is 46.8 Å². The molecule has 0 saturated carbocycles. The summed E-state index contributed by atoms with van der Waals surface area (Å²) in [6, 6.07) is 0. The molecule has 2 heterocycles. The van der Waals surface area contributed by atoms with Gasteiger partial charge in [-0.25, -0.2) is 9.18 Å². The van der Waals surface area contributed by atoms with E-state index >= 15 is 0 Å². The molecule has 0 amide bonds. The number of hydrogen-bond acceptors (Lipinski definition) is 6. The minimum atomic E-state index is -1.73. The Hall–Kier alpha value is -1.51. The fourth-order valence-electron chi connectivity index (χ4n) is 1.99. The molecule has 1 aliphatic heterocycles. The molecule has 0 aliphatic carbocycles. The van der Waals surface area contributed by atoms with Gasteiger partial charge in [-0.3, -0.25) is 4.57 Å². The first-order valence-corrected chi connectivity index (χ1v) is 5.77. The molecule has 1 aliphatic rings. The average molecular weight is 273 g/mol. The highest BCUT2D eigenvalue weighted by molar-refractivity contribution is 5.35. The maximum atomic E-state index is 14.0. The van der Waals surface area contributed by atoms with E-state index in [1.807, 2.05) is 0 Å². The minimum absolute atomic E-state index is 0.0359. The van der Waals surface area contributed by atoms with Crippen molar-refractivity contribution >= 4 is 5.82 Å². The Labute approximate surface area is 108 Å². The molecular weight excluding hydrogens is 257 g/mol. The number of hydrogen-bond donors (Lipinski definition) is 2. The molecule has 106 valence electrons. The predicted molar refractivity (Wildman–Crippen MR) is 64.3 cm³/mol. The van der Waals surface area contributed by atoms with Crippen molar-refractivity contribution in [2.45, 2.75) is 31.5 Å². The number of aryl methyl sites for hydroxylation is 1. The molecule has 1 fully saturated rings. The van der Waals surface area contributed by atoms with Crippen molar-refractivity contribution in [3.05, 3.63) is 22.2 Å². The minimum Gasteiger partial charge on any atom is -0.387 e. The van der Waals surface area contributed by atoms with Crippen LogP contribution in [0.25, 0.3) is 0 Å². The van der Waals surface area contributed by atoms with Gasteiger partial charge in [-0.2, -0.15) is 4.98 Å². The van der Waals surface area contributed by atoms with Gasteiger partial charge in [0.1, 0.15) is 18.0 Å². The zero-order valence-corrected chi connectivity index (χ0v) is 10.6. The molecule has 0 bridgehead atoms. The van der Waals surface area contributed by atoms with Gasteiger partial charge in [0.15, 0.2) is 12.4 Å². The Morgan fingerprint density at radius 1 is 1.68 bits per heavy atom. The lowest BCUT2D eigenvalue weighted by Gasteiger charge is -2.16. The molecule has 4 unspecified atom stereocenters. The Morgan fingerprint density at radius 2 is 2.37 bits per heavy atom. The molecule has 0 radical (unpaired) electrons. The van der Waals surface area contributed by atoms with Gasteiger partial charge in [-0.05, 0) is 6.92 Å². The third kappa shape index (κ3) is 2.46. The number of nitrogens with two attached hydrogens (primary N) is 1. The number of anilines is 1. The van der Waals surface area contributed by atoms with Gasteiger partial charge < -0.3 is 20.3 Å². The molecule has 0 aromatic carbocycles. The van der Waals surface area contributed by atoms with E-state index in [1.54, 1.807) is 6.92 Å². The number of halogens is 1. The summed E-state index contributed by atoms with van der Waals surface area (Å²) >= 11 is 0. The molecule has 1 aromatic rings. The monoisotopic (exact) mass is 273 g/mol. The molecular formula is C11H16FN3O4. The average Bonchev–Trinajstić information content (AvgIpc) is 2.63. The summed E-state index contributed by atoms with van der Waals surface area (Å²) in [5.41, 5.74) is 5.30. The third-order valence-electron chi connectivity index (χ3n) is 3.07. The second-order valence-corrected chi connectivity index (χ2v) is 4.45. The van der Waals surface area contributed by atoms with Crippen molar-refractivity contribution < 1.29 is 19.0 Å². The molecule has 1 aromatic heterocycles. The number of methoxy groups -OCH3 is 1. The SMILES string of the molecule is COCC1OC(n2cc(C)c(N)nc2=O)C(F)C1O. The van der Waals surface area contributed by atoms with E-state index in [4.69, 9.17) is 15.2 Å². The van der Waals surface area contributed by atoms with Crippen LogP contribution < -0.4 is 11.4 Å². The smallest absolute Gasteiger partial charge is 0.351 e. The summed E-state index contributed by atoms with van der Waals surface area (Å²) in [6.07, 6.45) is -3.77. The Morgan fingerprint density at radius 3 is 3.00 bits per heavy atom. The van der Waals surface area contributed by atoms with Gasteiger partial charge in [-0.1, -0.05) is 0 Å². The number of nitrogen functional groups attached to an aromatic ring is 1. The van der Waals surface area contributed by atoms with Crippen LogP contribution in [0.1, 0.15) is 11.8 Å². The second-order valence-electron chi connectivity index (χ2n) is 4.45. The van der Waals surface area contributed by atoms with Gasteiger partial charge in [0.2, 0.25) is 0 Å². The first-order chi connectivity index (χ1) is 8.95. The van der Waals surface area contributed by atoms with E-state index in [0.717, 1.165) is 4.57 Å². The molecule has 8 heteroatoms. The van der Waals surface area contributed by atoms with Crippen molar-refractivity contribution in [2.75, 3.05) is 19.5 Å². The number of alkyl halides is 1. The number of nitrogens with zero attached hydrogens (tertiary/aromatic N) is 2. The first kappa shape index (κ1) is 13.9. The number of rotatable bonds is 3. The van der Waals surface area contributed by atoms with E-state index < -0.39 is 30.3 Å². The molecule has 7 nitrogen and oxygen atoms in total. The Balaban J connectivity index is 2.33. The van der Waals surface area contributed by atoms with E-state index in [2.05, 4.69) is 4.98 Å². The second kappa shape index (κ2) is 5.24. The van der Waals surface area contributed by atoms with Crippen LogP contribution >= 0.6 is 0 Å². The van der Waals surface area contributed by atoms with Gasteiger partial charge in [-0.15, -0.1) is 0 Å². The highest BCUT2D eigenvalue weighted by atomic mass is 19.1. The summed E-state index contributed by atoms with van der Waals surface area (Å²) < 4.78 is 25.1. The van der Waals surface area contributed by atoms with Crippen molar-refractivity contribution in [3.8, 4) is 0 Å². The Bertz CT molecular complexity index is 521. The standard InChI is InChI=1S/C11H16FN3O4/c1-5-3-15(11(17)14-9(5)13)10-7(12)8(16)6(19-10)4-18-2/h3,6-8,10,16H,4H2,1-2H3,(H2,13,14,17). The maximum Gasteiger partial charge on any atom is 0.351 e. The van der Waals surface area contributed by atoms with Crippen LogP contribution in [0.4, 0.5) is 10.2 Å². The van der Waals surface area contributed by atoms with Gasteiger partial charge >= 0.3 is 5.69 Å². The molecule has 3 N–H and O–H groups in total. The van der Waals surface area contributed by atoms with Crippen LogP contribution in [0.15, 0.2) is 11.0 Å². The number of ether oxygens (including phenoxy) is 2. The van der Waals surface area contributed by atoms with Crippen molar-refractivity contribution in [1.29, 1.82) is 0 Å². The van der Waals surface area contributed by atoms with E-state index in [1.165, 1.54) is 13.3 Å². The highest BCUT2D eigenvalue weighted by Gasteiger charge is 2.45. The molecule has 19 heavy (non-hydrogen) atoms. The lowest BCUT2D eigenvalue weighted by atomic mass is 10.1. The fraction of sp³-hybridized carbons (Fsp3) is 0.636. The van der Waals surface area contributed by atoms with E-state index in [9.17, 15) is 14.3 Å². The summed E-state index contributed by atoms with van der Waals surface area (Å²) in [5.74, 6) is 0.0867. The number of aliphatic hydroxyl groups is 1. The number of aliphatic hydroxyl groups excluding tert-OH is 1. The quantitative estimate of drug-likeness (QED) is 0.761. The molecule has 2 rings (SSSR count). The summed E-state index contributed by atoms with van der Waals surface area (Å²) in [5, 5.41) is 9.69. The van der Waals surface area contributed by atoms with Crippen LogP contribution in [0.5, 0.6) is 0 Å². The Kier molecular flexibility index (Phi) is 3.83. The summed E-state index contributed by atoms with van der Waals surface area (Å²) in [6.45, 7) is 1.68. The van der Waals surface area contributed by atoms with Gasteiger partial charge in [0.05, 0.1) is 6.61 Å². The van der Waals surface area contributed by atoms with E-state index in [-0.39, 0.29) is 12.4 Å². The number of aromatic nitrogens is 2. The van der Waals surface area contributed by atoms with Crippen LogP contribution in [0, 0.1) is 6.92 Å². The van der Waals surface area contributed by atoms with Gasteiger partial charge in [0, 0.05) is 18.9 Å². The maximum absolute atomic E-state index is 14.0. The van der Waals surface area contributed by atoms with Crippen LogP contribution in [0.3, 0.4) is 0 Å². The summed E-state index contributed by atoms with van der Waals surface area (Å²) in [7, 11) is 1.41. The third-order valence-corrected chi connectivity index (χ3v) is 3.07. The van der Waals surface area contributed by atoms with Crippen molar-refractivity contribution in [1.82, 2.24) is 9.55 Å². The predicted octanol–water partition coefficient (Wildman–Crippen LogP) is -0.623. The van der Waals surface area contributed by atoms with Crippen LogP contribution in [0.2, 0.25) is 0 Å². The first-order valence-electron chi connectivity index (χ1n) is 5.77. The lowest BCUT2D eigenvalue weighted by molar-refractivity contribution is -0.0571. The van der Waals surface area contributed by atoms with Crippen molar-refractivity contribution in [3.63, 3.8) is 0 Å². The molecule has 0 spiro atoms. The zero-order valence-electron chi connectivity index (χ0n) is 10.6. The topological polar surface area (TPSA) is 99.6 Å². The largest absolute Gasteiger partial charge is 0.387 e. The molecule has 4 atom stereocenters. The lowest BCUT2D eigenvalue weighted by Crippen LogP contribution is -2.34. The molecule has 1 saturated heterocycles. The fourth-order valence-corrected chi connectivity index (χ4v) is 1.99. The highest BCUT2D eigenvalue weighted by Crippen LogP contribution is 2.31. The normalized spacial score (nSPS) is 30.7. The van der Waals surface area contributed by atoms with Crippen LogP contribution in [-0.2, 0) is 9.47 Å². The van der Waals surface area contributed by atoms with Crippen molar-refractivity contribution in [2.24, 2.45) is 0 Å². The summed E-state index contributed by atoms with van der Waals surface area (Å²) in [4.78, 5) is 15.3.